The number of hydrogen-bond donors (Lipinski definition) is 1. The van der Waals surface area contributed by atoms with Crippen LogP contribution in [-0.2, 0) is 6.42 Å². The molecule has 21 heavy (non-hydrogen) atoms. The van der Waals surface area contributed by atoms with Crippen LogP contribution in [-0.4, -0.2) is 4.98 Å². The Kier molecular flexibility index (Phi) is 2.72. The van der Waals surface area contributed by atoms with E-state index in [2.05, 4.69) is 17.1 Å². The van der Waals surface area contributed by atoms with Gasteiger partial charge in [-0.1, -0.05) is 48.0 Å². The number of aromatic nitrogens is 1. The van der Waals surface area contributed by atoms with E-state index in [0.29, 0.717) is 5.02 Å². The molecule has 3 aromatic rings. The fourth-order valence-electron chi connectivity index (χ4n) is 3.00. The number of rotatable bonds is 1. The van der Waals surface area contributed by atoms with Gasteiger partial charge in [0.15, 0.2) is 0 Å². The summed E-state index contributed by atoms with van der Waals surface area (Å²) >= 11 is 5.95. The molecule has 0 bridgehead atoms. The Morgan fingerprint density at radius 2 is 1.71 bits per heavy atom. The molecule has 0 aliphatic heterocycles. The van der Waals surface area contributed by atoms with Crippen LogP contribution in [0.5, 0.6) is 0 Å². The van der Waals surface area contributed by atoms with Crippen molar-refractivity contribution in [3.63, 3.8) is 0 Å². The molecule has 1 aliphatic carbocycles. The van der Waals surface area contributed by atoms with Crippen LogP contribution in [0.3, 0.4) is 0 Å². The van der Waals surface area contributed by atoms with E-state index in [1.165, 1.54) is 11.1 Å². The number of hydrogen-bond acceptors (Lipinski definition) is 1. The lowest BCUT2D eigenvalue weighted by molar-refractivity contribution is 1.19. The summed E-state index contributed by atoms with van der Waals surface area (Å²) in [4.78, 5) is 15.0. The van der Waals surface area contributed by atoms with E-state index in [0.717, 1.165) is 28.8 Å². The van der Waals surface area contributed by atoms with E-state index >= 15 is 0 Å². The predicted molar refractivity (Wildman–Crippen MR) is 85.8 cm³/mol. The highest BCUT2D eigenvalue weighted by Gasteiger charge is 2.22. The Hall–Kier alpha value is -2.32. The van der Waals surface area contributed by atoms with Gasteiger partial charge in [0.1, 0.15) is 0 Å². The molecule has 0 saturated carbocycles. The number of pyridine rings is 1. The number of benzene rings is 2. The normalized spacial score (nSPS) is 12.0. The largest absolute Gasteiger partial charge is 0.322 e. The van der Waals surface area contributed by atoms with Gasteiger partial charge in [0.25, 0.3) is 0 Å². The van der Waals surface area contributed by atoms with Crippen molar-refractivity contribution in [2.24, 2.45) is 0 Å². The predicted octanol–water partition coefficient (Wildman–Crippen LogP) is 4.27. The summed E-state index contributed by atoms with van der Waals surface area (Å²) < 4.78 is 0. The SMILES string of the molecule is O=c1cc(-c2ccc(Cl)cc2)c2c([nH]1)-c1ccccc1C2. The van der Waals surface area contributed by atoms with Gasteiger partial charge in [-0.25, -0.2) is 0 Å². The van der Waals surface area contributed by atoms with Gasteiger partial charge in [-0.05, 0) is 34.4 Å². The quantitative estimate of drug-likeness (QED) is 0.558. The van der Waals surface area contributed by atoms with Crippen LogP contribution in [0.25, 0.3) is 22.4 Å². The van der Waals surface area contributed by atoms with Crippen molar-refractivity contribution in [3.05, 3.63) is 81.1 Å². The van der Waals surface area contributed by atoms with Crippen molar-refractivity contribution < 1.29 is 0 Å². The summed E-state index contributed by atoms with van der Waals surface area (Å²) in [6.07, 6.45) is 0.847. The van der Waals surface area contributed by atoms with E-state index in [1.54, 1.807) is 6.07 Å². The Bertz CT molecular complexity index is 894. The van der Waals surface area contributed by atoms with Crippen LogP contribution < -0.4 is 5.56 Å². The highest BCUT2D eigenvalue weighted by atomic mass is 35.5. The Morgan fingerprint density at radius 1 is 0.952 bits per heavy atom. The van der Waals surface area contributed by atoms with Crippen molar-refractivity contribution in [1.82, 2.24) is 4.98 Å². The van der Waals surface area contributed by atoms with Crippen molar-refractivity contribution in [2.75, 3.05) is 0 Å². The molecule has 2 nitrogen and oxygen atoms in total. The highest BCUT2D eigenvalue weighted by Crippen LogP contribution is 2.39. The molecule has 0 fully saturated rings. The first kappa shape index (κ1) is 12.4. The minimum Gasteiger partial charge on any atom is -0.322 e. The maximum absolute atomic E-state index is 12.0. The second kappa shape index (κ2) is 4.61. The summed E-state index contributed by atoms with van der Waals surface area (Å²) in [5, 5.41) is 0.698. The minimum absolute atomic E-state index is 0.0737. The van der Waals surface area contributed by atoms with Gasteiger partial charge >= 0.3 is 0 Å². The third-order valence-electron chi connectivity index (χ3n) is 3.96. The van der Waals surface area contributed by atoms with Crippen molar-refractivity contribution >= 4 is 11.6 Å². The summed E-state index contributed by atoms with van der Waals surface area (Å²) in [5.74, 6) is 0. The number of halogens is 1. The maximum atomic E-state index is 12.0. The van der Waals surface area contributed by atoms with Crippen LogP contribution in [0, 0.1) is 0 Å². The number of fused-ring (bicyclic) bond motifs is 3. The third kappa shape index (κ3) is 1.99. The summed E-state index contributed by atoms with van der Waals surface area (Å²) in [6, 6.07) is 17.5. The molecular formula is C18H12ClNO. The Balaban J connectivity index is 1.98. The zero-order valence-corrected chi connectivity index (χ0v) is 11.9. The van der Waals surface area contributed by atoms with Gasteiger partial charge in [0.05, 0.1) is 5.69 Å². The van der Waals surface area contributed by atoms with Crippen LogP contribution in [0.4, 0.5) is 0 Å². The topological polar surface area (TPSA) is 32.9 Å². The molecule has 1 aliphatic rings. The number of nitrogens with one attached hydrogen (secondary N) is 1. The fourth-order valence-corrected chi connectivity index (χ4v) is 3.12. The van der Waals surface area contributed by atoms with Crippen molar-refractivity contribution in [1.29, 1.82) is 0 Å². The molecule has 1 heterocycles. The molecule has 0 amide bonds. The van der Waals surface area contributed by atoms with Gasteiger partial charge in [-0.3, -0.25) is 4.79 Å². The van der Waals surface area contributed by atoms with Gasteiger partial charge < -0.3 is 4.98 Å². The molecule has 102 valence electrons. The Morgan fingerprint density at radius 3 is 2.52 bits per heavy atom. The molecule has 2 aromatic carbocycles. The van der Waals surface area contributed by atoms with E-state index < -0.39 is 0 Å². The van der Waals surface area contributed by atoms with Crippen molar-refractivity contribution in [3.8, 4) is 22.4 Å². The lowest BCUT2D eigenvalue weighted by atomic mass is 9.99. The fraction of sp³-hybridized carbons (Fsp3) is 0.0556. The average molecular weight is 294 g/mol. The van der Waals surface area contributed by atoms with Crippen LogP contribution in [0.15, 0.2) is 59.4 Å². The molecule has 0 radical (unpaired) electrons. The summed E-state index contributed by atoms with van der Waals surface area (Å²) in [6.45, 7) is 0. The van der Waals surface area contributed by atoms with Crippen LogP contribution >= 0.6 is 11.6 Å². The molecule has 3 heteroatoms. The van der Waals surface area contributed by atoms with E-state index in [4.69, 9.17) is 11.6 Å². The van der Waals surface area contributed by atoms with E-state index in [1.807, 2.05) is 36.4 Å². The minimum atomic E-state index is -0.0737. The number of H-pyrrole nitrogens is 1. The molecule has 0 atom stereocenters. The van der Waals surface area contributed by atoms with Crippen LogP contribution in [0.1, 0.15) is 11.1 Å². The van der Waals surface area contributed by atoms with Crippen LogP contribution in [0.2, 0.25) is 5.02 Å². The summed E-state index contributed by atoms with van der Waals surface area (Å²) in [7, 11) is 0. The highest BCUT2D eigenvalue weighted by molar-refractivity contribution is 6.30. The molecular weight excluding hydrogens is 282 g/mol. The van der Waals surface area contributed by atoms with Gasteiger partial charge in [-0.2, -0.15) is 0 Å². The molecule has 1 N–H and O–H groups in total. The molecule has 0 spiro atoms. The van der Waals surface area contributed by atoms with E-state index in [9.17, 15) is 4.79 Å². The number of aromatic amines is 1. The maximum Gasteiger partial charge on any atom is 0.249 e. The molecule has 4 rings (SSSR count). The smallest absolute Gasteiger partial charge is 0.249 e. The monoisotopic (exact) mass is 293 g/mol. The Labute approximate surface area is 127 Å². The molecule has 1 aromatic heterocycles. The standard InChI is InChI=1S/C18H12ClNO/c19-13-7-5-11(6-8-13)15-10-17(21)20-18-14-4-2-1-3-12(14)9-16(15)18/h1-8,10H,9H2,(H,20,21). The molecule has 0 unspecified atom stereocenters. The van der Waals surface area contributed by atoms with Crippen molar-refractivity contribution in [2.45, 2.75) is 6.42 Å². The lowest BCUT2D eigenvalue weighted by Gasteiger charge is -2.08. The second-order valence-corrected chi connectivity index (χ2v) is 5.68. The second-order valence-electron chi connectivity index (χ2n) is 5.24. The average Bonchev–Trinajstić information content (AvgIpc) is 2.86. The molecule has 0 saturated heterocycles. The first-order chi connectivity index (χ1) is 10.2. The zero-order valence-electron chi connectivity index (χ0n) is 11.2. The van der Waals surface area contributed by atoms with Gasteiger partial charge in [0.2, 0.25) is 5.56 Å². The first-order valence-corrected chi connectivity index (χ1v) is 7.20. The first-order valence-electron chi connectivity index (χ1n) is 6.83. The zero-order chi connectivity index (χ0) is 14.4. The lowest BCUT2D eigenvalue weighted by Crippen LogP contribution is -2.07. The van der Waals surface area contributed by atoms with Gasteiger partial charge in [0, 0.05) is 23.1 Å². The van der Waals surface area contributed by atoms with E-state index in [-0.39, 0.29) is 5.56 Å². The van der Waals surface area contributed by atoms with Gasteiger partial charge in [-0.15, -0.1) is 0 Å². The third-order valence-corrected chi connectivity index (χ3v) is 4.21. The summed E-state index contributed by atoms with van der Waals surface area (Å²) in [5.41, 5.74) is 6.44.